The van der Waals surface area contributed by atoms with Crippen molar-refractivity contribution < 1.29 is 0 Å². The van der Waals surface area contributed by atoms with Crippen LogP contribution in [-0.4, -0.2) is 59.1 Å². The van der Waals surface area contributed by atoms with E-state index in [-0.39, 0.29) is 0 Å². The molecule has 1 saturated carbocycles. The third-order valence-electron chi connectivity index (χ3n) is 5.38. The summed E-state index contributed by atoms with van der Waals surface area (Å²) in [5.74, 6) is 1.66. The van der Waals surface area contributed by atoms with E-state index in [1.54, 1.807) is 0 Å². The fraction of sp³-hybridized carbons (Fsp3) is 1.00. The Morgan fingerprint density at radius 1 is 0.762 bits per heavy atom. The lowest BCUT2D eigenvalue weighted by molar-refractivity contribution is 0.153. The Balaban J connectivity index is 0.000000155. The van der Waals surface area contributed by atoms with Crippen LogP contribution in [0.1, 0.15) is 48.0 Å². The van der Waals surface area contributed by atoms with Crippen LogP contribution in [0.25, 0.3) is 0 Å². The largest absolute Gasteiger partial charge is 0.327 e. The van der Waals surface area contributed by atoms with E-state index in [1.807, 2.05) is 0 Å². The SMILES string of the molecule is CC(C)(C)N1CC2C(N)C2C1.CC(C)(C)N1CC[C@@H](N)C1. The van der Waals surface area contributed by atoms with Crippen LogP contribution in [0.5, 0.6) is 0 Å². The number of rotatable bonds is 0. The van der Waals surface area contributed by atoms with Gasteiger partial charge in [-0.25, -0.2) is 0 Å². The Morgan fingerprint density at radius 3 is 1.52 bits per heavy atom. The molecule has 3 fully saturated rings. The standard InChI is InChI=1S/C9H18N2.C8H18N2/c1-9(2,3)11-4-6-7(5-11)8(6)10;1-8(2,3)10-5-4-7(9)6-10/h6-8H,4-5,10H2,1-3H3;7H,4-6,9H2,1-3H3/t;7-/m.1/s1. The lowest BCUT2D eigenvalue weighted by Gasteiger charge is -2.33. The molecule has 4 heteroatoms. The molecular formula is C17H36N4. The van der Waals surface area contributed by atoms with Gasteiger partial charge in [0.05, 0.1) is 0 Å². The number of nitrogens with two attached hydrogens (primary N) is 2. The molecule has 2 unspecified atom stereocenters. The maximum Gasteiger partial charge on any atom is 0.0180 e. The molecule has 2 aliphatic heterocycles. The normalized spacial score (nSPS) is 37.1. The smallest absolute Gasteiger partial charge is 0.0180 e. The fourth-order valence-electron chi connectivity index (χ4n) is 3.52. The Hall–Kier alpha value is -0.160. The molecule has 0 aromatic rings. The van der Waals surface area contributed by atoms with Gasteiger partial charge in [-0.15, -0.1) is 0 Å². The molecule has 2 saturated heterocycles. The van der Waals surface area contributed by atoms with Gasteiger partial charge in [-0.1, -0.05) is 0 Å². The number of hydrogen-bond donors (Lipinski definition) is 2. The lowest BCUT2D eigenvalue weighted by atomic mass is 10.1. The van der Waals surface area contributed by atoms with Gasteiger partial charge in [0.25, 0.3) is 0 Å². The van der Waals surface area contributed by atoms with Crippen LogP contribution in [0.3, 0.4) is 0 Å². The average molecular weight is 297 g/mol. The molecule has 3 atom stereocenters. The second kappa shape index (κ2) is 5.80. The van der Waals surface area contributed by atoms with Crippen molar-refractivity contribution in [1.29, 1.82) is 0 Å². The van der Waals surface area contributed by atoms with Crippen molar-refractivity contribution in [3.8, 4) is 0 Å². The Labute approximate surface area is 131 Å². The third kappa shape index (κ3) is 4.19. The number of likely N-dealkylation sites (tertiary alicyclic amines) is 2. The third-order valence-corrected chi connectivity index (χ3v) is 5.38. The van der Waals surface area contributed by atoms with Gasteiger partial charge in [-0.2, -0.15) is 0 Å². The van der Waals surface area contributed by atoms with Crippen LogP contribution < -0.4 is 11.5 Å². The van der Waals surface area contributed by atoms with E-state index >= 15 is 0 Å². The maximum atomic E-state index is 5.85. The molecule has 4 nitrogen and oxygen atoms in total. The van der Waals surface area contributed by atoms with E-state index in [1.165, 1.54) is 19.6 Å². The second-order valence-electron chi connectivity index (χ2n) is 9.15. The molecule has 0 spiro atoms. The first-order valence-electron chi connectivity index (χ1n) is 8.51. The molecule has 1 aliphatic carbocycles. The molecule has 124 valence electrons. The van der Waals surface area contributed by atoms with Crippen molar-refractivity contribution in [3.63, 3.8) is 0 Å². The number of piperidine rings is 1. The molecule has 3 rings (SSSR count). The van der Waals surface area contributed by atoms with E-state index in [0.29, 0.717) is 23.2 Å². The summed E-state index contributed by atoms with van der Waals surface area (Å²) >= 11 is 0. The lowest BCUT2D eigenvalue weighted by Crippen LogP contribution is -2.42. The number of nitrogens with zero attached hydrogens (tertiary/aromatic N) is 2. The molecule has 4 N–H and O–H groups in total. The monoisotopic (exact) mass is 296 g/mol. The number of hydrogen-bond acceptors (Lipinski definition) is 4. The van der Waals surface area contributed by atoms with E-state index in [9.17, 15) is 0 Å². The highest BCUT2D eigenvalue weighted by molar-refractivity contribution is 5.10. The highest BCUT2D eigenvalue weighted by Gasteiger charge is 2.55. The highest BCUT2D eigenvalue weighted by Crippen LogP contribution is 2.45. The van der Waals surface area contributed by atoms with Crippen molar-refractivity contribution in [2.24, 2.45) is 23.3 Å². The van der Waals surface area contributed by atoms with Gasteiger partial charge in [-0.05, 0) is 59.8 Å². The summed E-state index contributed by atoms with van der Waals surface area (Å²) in [6.07, 6.45) is 1.16. The van der Waals surface area contributed by atoms with Gasteiger partial charge < -0.3 is 11.5 Å². The van der Waals surface area contributed by atoms with Crippen molar-refractivity contribution in [1.82, 2.24) is 9.80 Å². The zero-order chi connectivity index (χ0) is 16.0. The molecule has 3 aliphatic rings. The molecule has 0 aromatic carbocycles. The topological polar surface area (TPSA) is 58.5 Å². The molecule has 2 heterocycles. The summed E-state index contributed by atoms with van der Waals surface area (Å²) in [5.41, 5.74) is 12.3. The molecule has 0 aromatic heterocycles. The zero-order valence-electron chi connectivity index (χ0n) is 14.9. The highest BCUT2D eigenvalue weighted by atomic mass is 15.2. The first-order chi connectivity index (χ1) is 9.50. The molecule has 0 bridgehead atoms. The molecule has 0 amide bonds. The van der Waals surface area contributed by atoms with E-state index < -0.39 is 0 Å². The summed E-state index contributed by atoms with van der Waals surface area (Å²) in [7, 11) is 0. The minimum absolute atomic E-state index is 0.314. The van der Waals surface area contributed by atoms with Gasteiger partial charge in [0.15, 0.2) is 0 Å². The predicted molar refractivity (Wildman–Crippen MR) is 90.2 cm³/mol. The van der Waals surface area contributed by atoms with Crippen molar-refractivity contribution >= 4 is 0 Å². The summed E-state index contributed by atoms with van der Waals surface area (Å²) in [4.78, 5) is 4.99. The Morgan fingerprint density at radius 2 is 1.24 bits per heavy atom. The van der Waals surface area contributed by atoms with Crippen LogP contribution in [0.4, 0.5) is 0 Å². The van der Waals surface area contributed by atoms with Gasteiger partial charge in [0, 0.05) is 49.3 Å². The maximum absolute atomic E-state index is 5.85. The van der Waals surface area contributed by atoms with Crippen LogP contribution in [0.2, 0.25) is 0 Å². The van der Waals surface area contributed by atoms with E-state index in [4.69, 9.17) is 11.5 Å². The van der Waals surface area contributed by atoms with Crippen LogP contribution >= 0.6 is 0 Å². The van der Waals surface area contributed by atoms with Crippen molar-refractivity contribution in [2.45, 2.75) is 71.1 Å². The van der Waals surface area contributed by atoms with Gasteiger partial charge in [0.2, 0.25) is 0 Å². The molecular weight excluding hydrogens is 260 g/mol. The van der Waals surface area contributed by atoms with Crippen LogP contribution in [0.15, 0.2) is 0 Å². The van der Waals surface area contributed by atoms with Gasteiger partial charge in [-0.3, -0.25) is 9.80 Å². The van der Waals surface area contributed by atoms with Crippen molar-refractivity contribution in [3.05, 3.63) is 0 Å². The zero-order valence-corrected chi connectivity index (χ0v) is 14.9. The van der Waals surface area contributed by atoms with Crippen LogP contribution in [0, 0.1) is 11.8 Å². The van der Waals surface area contributed by atoms with E-state index in [0.717, 1.165) is 24.8 Å². The van der Waals surface area contributed by atoms with Crippen LogP contribution in [-0.2, 0) is 0 Å². The molecule has 0 radical (unpaired) electrons. The summed E-state index contributed by atoms with van der Waals surface area (Å²) < 4.78 is 0. The second-order valence-corrected chi connectivity index (χ2v) is 9.15. The fourth-order valence-corrected chi connectivity index (χ4v) is 3.52. The summed E-state index contributed by atoms with van der Waals surface area (Å²) in [6, 6.07) is 0.952. The number of fused-ring (bicyclic) bond motifs is 1. The first-order valence-corrected chi connectivity index (χ1v) is 8.51. The predicted octanol–water partition coefficient (Wildman–Crippen LogP) is 1.49. The van der Waals surface area contributed by atoms with Gasteiger partial charge in [0.1, 0.15) is 0 Å². The summed E-state index contributed by atoms with van der Waals surface area (Å²) in [6.45, 7) is 18.3. The average Bonchev–Trinajstić information content (AvgIpc) is 2.77. The van der Waals surface area contributed by atoms with Crippen molar-refractivity contribution in [2.75, 3.05) is 26.2 Å². The first kappa shape index (κ1) is 17.2. The summed E-state index contributed by atoms with van der Waals surface area (Å²) in [5, 5.41) is 0. The minimum atomic E-state index is 0.314. The quantitative estimate of drug-likeness (QED) is 0.711. The minimum Gasteiger partial charge on any atom is -0.327 e. The Bertz CT molecular complexity index is 343. The molecule has 21 heavy (non-hydrogen) atoms. The van der Waals surface area contributed by atoms with E-state index in [2.05, 4.69) is 51.3 Å². The Kier molecular flexibility index (Phi) is 4.75. The van der Waals surface area contributed by atoms with Gasteiger partial charge >= 0.3 is 0 Å².